The van der Waals surface area contributed by atoms with Gasteiger partial charge < -0.3 is 24.2 Å². The van der Waals surface area contributed by atoms with Crippen molar-refractivity contribution in [2.45, 2.75) is 50.8 Å². The van der Waals surface area contributed by atoms with Crippen LogP contribution in [0.1, 0.15) is 37.9 Å². The lowest BCUT2D eigenvalue weighted by Gasteiger charge is -2.39. The maximum absolute atomic E-state index is 14.2. The predicted octanol–water partition coefficient (Wildman–Crippen LogP) is 6.17. The van der Waals surface area contributed by atoms with Crippen molar-refractivity contribution in [3.63, 3.8) is 0 Å². The second-order valence-corrected chi connectivity index (χ2v) is 15.7. The molecule has 274 valence electrons. The lowest BCUT2D eigenvalue weighted by Crippen LogP contribution is -2.51. The Hall–Kier alpha value is -4.62. The lowest BCUT2D eigenvalue weighted by molar-refractivity contribution is 0.0240. The van der Waals surface area contributed by atoms with E-state index < -0.39 is 5.60 Å². The number of carbonyl (C=O) groups excluding carboxylic acids is 2. The molecule has 13 heteroatoms. The molecule has 11 nitrogen and oxygen atoms in total. The molecular formula is C39H45FN6O5S. The molecule has 7 rings (SSSR count). The average molecular weight is 729 g/mol. The minimum absolute atomic E-state index is 0.154. The number of amides is 2. The Bertz CT molecular complexity index is 2000. The van der Waals surface area contributed by atoms with Crippen LogP contribution in [0.3, 0.4) is 0 Å². The Morgan fingerprint density at radius 3 is 2.23 bits per heavy atom. The minimum atomic E-state index is -0.587. The highest BCUT2D eigenvalue weighted by molar-refractivity contribution is 7.99. The van der Waals surface area contributed by atoms with E-state index >= 15 is 0 Å². The molecule has 1 aromatic heterocycles. The van der Waals surface area contributed by atoms with Gasteiger partial charge in [-0.2, -0.15) is 4.98 Å². The van der Waals surface area contributed by atoms with Crippen molar-refractivity contribution in [3.05, 3.63) is 88.1 Å². The number of benzene rings is 3. The molecule has 2 saturated heterocycles. The Morgan fingerprint density at radius 2 is 1.56 bits per heavy atom. The summed E-state index contributed by atoms with van der Waals surface area (Å²) in [6, 6.07) is 18.1. The molecular weight excluding hydrogens is 684 g/mol. The zero-order chi connectivity index (χ0) is 36.6. The Balaban J connectivity index is 1.15. The molecule has 4 heterocycles. The second kappa shape index (κ2) is 14.8. The van der Waals surface area contributed by atoms with Crippen molar-refractivity contribution in [2.24, 2.45) is 0 Å². The number of anilines is 1. The van der Waals surface area contributed by atoms with Gasteiger partial charge in [0.05, 0.1) is 11.6 Å². The highest BCUT2D eigenvalue weighted by atomic mass is 32.2. The fraction of sp³-hybridized carbons (Fsp3) is 0.436. The summed E-state index contributed by atoms with van der Waals surface area (Å²) in [5.74, 6) is 0.968. The van der Waals surface area contributed by atoms with E-state index in [9.17, 15) is 18.8 Å². The topological polar surface area (TPSA) is 100 Å². The van der Waals surface area contributed by atoms with Crippen LogP contribution >= 0.6 is 11.8 Å². The number of carbonyl (C=O) groups is 2. The molecule has 1 atom stereocenters. The molecule has 2 amide bonds. The highest BCUT2D eigenvalue weighted by Gasteiger charge is 2.34. The summed E-state index contributed by atoms with van der Waals surface area (Å²) < 4.78 is 27.0. The quantitative estimate of drug-likeness (QED) is 0.231. The van der Waals surface area contributed by atoms with Crippen molar-refractivity contribution in [3.8, 4) is 11.1 Å². The van der Waals surface area contributed by atoms with E-state index in [-0.39, 0.29) is 36.3 Å². The van der Waals surface area contributed by atoms with Crippen LogP contribution in [0.2, 0.25) is 0 Å². The van der Waals surface area contributed by atoms with Crippen molar-refractivity contribution in [1.82, 2.24) is 24.3 Å². The Morgan fingerprint density at radius 1 is 0.904 bits per heavy atom. The summed E-state index contributed by atoms with van der Waals surface area (Å²) in [4.78, 5) is 53.4. The average Bonchev–Trinajstić information content (AvgIpc) is 3.13. The second-order valence-electron chi connectivity index (χ2n) is 14.6. The fourth-order valence-corrected chi connectivity index (χ4v) is 8.60. The molecule has 0 bridgehead atoms. The Labute approximate surface area is 307 Å². The molecule has 4 aromatic rings. The summed E-state index contributed by atoms with van der Waals surface area (Å²) in [5, 5.41) is 0.881. The molecule has 0 unspecified atom stereocenters. The first-order valence-electron chi connectivity index (χ1n) is 17.8. The smallest absolute Gasteiger partial charge is 0.410 e. The summed E-state index contributed by atoms with van der Waals surface area (Å²) in [6.07, 6.45) is -0.667. The molecule has 2 fully saturated rings. The highest BCUT2D eigenvalue weighted by Crippen LogP contribution is 2.46. The van der Waals surface area contributed by atoms with Gasteiger partial charge in [0.2, 0.25) is 0 Å². The number of aryl methyl sites for hydroxylation is 1. The van der Waals surface area contributed by atoms with Crippen LogP contribution in [0, 0.1) is 12.7 Å². The predicted molar refractivity (Wildman–Crippen MR) is 201 cm³/mol. The van der Waals surface area contributed by atoms with Crippen molar-refractivity contribution in [2.75, 3.05) is 69.6 Å². The normalized spacial score (nSPS) is 18.1. The maximum Gasteiger partial charge on any atom is 0.410 e. The van der Waals surface area contributed by atoms with Gasteiger partial charge in [-0.15, -0.1) is 11.8 Å². The van der Waals surface area contributed by atoms with Crippen molar-refractivity contribution >= 4 is 40.7 Å². The number of piperazine rings is 2. The first-order valence-corrected chi connectivity index (χ1v) is 18.8. The van der Waals surface area contributed by atoms with E-state index in [1.54, 1.807) is 33.7 Å². The first kappa shape index (κ1) is 35.8. The van der Waals surface area contributed by atoms with E-state index in [0.717, 1.165) is 38.1 Å². The zero-order valence-corrected chi connectivity index (χ0v) is 31.0. The number of ether oxygens (including phenoxy) is 2. The van der Waals surface area contributed by atoms with Crippen LogP contribution in [-0.2, 0) is 16.1 Å². The van der Waals surface area contributed by atoms with Crippen molar-refractivity contribution < 1.29 is 23.5 Å². The van der Waals surface area contributed by atoms with Gasteiger partial charge in [0, 0.05) is 80.5 Å². The number of nitrogens with zero attached hydrogens (tertiary/aromatic N) is 6. The molecule has 0 saturated carbocycles. The van der Waals surface area contributed by atoms with Crippen molar-refractivity contribution in [1.29, 1.82) is 0 Å². The summed E-state index contributed by atoms with van der Waals surface area (Å²) in [5.41, 5.74) is 3.76. The van der Waals surface area contributed by atoms with E-state index in [4.69, 9.17) is 14.5 Å². The van der Waals surface area contributed by atoms with Gasteiger partial charge in [-0.05, 0) is 62.6 Å². The number of aromatic nitrogens is 2. The third-order valence-electron chi connectivity index (χ3n) is 9.80. The molecule has 0 aliphatic carbocycles. The molecule has 0 radical (unpaired) electrons. The first-order chi connectivity index (χ1) is 24.9. The number of rotatable bonds is 6. The fourth-order valence-electron chi connectivity index (χ4n) is 7.22. The molecule has 52 heavy (non-hydrogen) atoms. The minimum Gasteiger partial charge on any atom is -0.445 e. The molecule has 3 aromatic carbocycles. The standard InChI is InChI=1S/C39H45FN6O5S/c1-26-22-31-33-34(32(26)28-10-12-29(40)13-11-28)52-25-30(23-42-14-16-44(17-15-42)37(48)50-24-27-8-6-5-7-9-27)46(33)36(47)41-35(31)43-18-20-45(21-19-43)38(49)51-39(2,3)4/h5-13,22,30H,14-21,23-25H2,1-4H3/t30-/m0/s1. The largest absolute Gasteiger partial charge is 0.445 e. The van der Waals surface area contributed by atoms with Crippen LogP contribution < -0.4 is 10.6 Å². The van der Waals surface area contributed by atoms with Gasteiger partial charge in [0.1, 0.15) is 23.8 Å². The number of halogens is 1. The molecule has 3 aliphatic heterocycles. The third kappa shape index (κ3) is 7.61. The Kier molecular flexibility index (Phi) is 10.2. The zero-order valence-electron chi connectivity index (χ0n) is 30.1. The van der Waals surface area contributed by atoms with Gasteiger partial charge in [-0.1, -0.05) is 42.5 Å². The van der Waals surface area contributed by atoms with E-state index in [0.29, 0.717) is 70.5 Å². The van der Waals surface area contributed by atoms with Gasteiger partial charge in [0.15, 0.2) is 0 Å². The van der Waals surface area contributed by atoms with Crippen LogP contribution in [0.5, 0.6) is 0 Å². The summed E-state index contributed by atoms with van der Waals surface area (Å²) in [7, 11) is 0. The van der Waals surface area contributed by atoms with E-state index in [1.807, 2.05) is 62.6 Å². The SMILES string of the molecule is Cc1cc2c(N3CCN(C(=O)OC(C)(C)C)CC3)nc(=O)n3c2c(c1-c1ccc(F)cc1)SC[C@@H]3CN1CCN(C(=O)OCc2ccccc2)CC1. The number of hydrogen-bond acceptors (Lipinski definition) is 9. The number of thioether (sulfide) groups is 1. The molecule has 0 N–H and O–H groups in total. The van der Waals surface area contributed by atoms with Gasteiger partial charge in [0.25, 0.3) is 0 Å². The third-order valence-corrected chi connectivity index (χ3v) is 11.0. The van der Waals surface area contributed by atoms with E-state index in [1.165, 1.54) is 12.1 Å². The number of hydrogen-bond donors (Lipinski definition) is 0. The van der Waals surface area contributed by atoms with Crippen LogP contribution in [-0.4, -0.2) is 107 Å². The van der Waals surface area contributed by atoms with Crippen LogP contribution in [0.15, 0.2) is 70.4 Å². The molecule has 3 aliphatic rings. The van der Waals surface area contributed by atoms with Gasteiger partial charge in [-0.25, -0.2) is 18.8 Å². The van der Waals surface area contributed by atoms with Gasteiger partial charge in [-0.3, -0.25) is 9.47 Å². The van der Waals surface area contributed by atoms with Gasteiger partial charge >= 0.3 is 17.9 Å². The maximum atomic E-state index is 14.2. The van der Waals surface area contributed by atoms with E-state index in [2.05, 4.69) is 15.9 Å². The lowest BCUT2D eigenvalue weighted by atomic mass is 9.97. The van der Waals surface area contributed by atoms with Crippen LogP contribution in [0.25, 0.3) is 22.0 Å². The summed E-state index contributed by atoms with van der Waals surface area (Å²) in [6.45, 7) is 12.8. The monoisotopic (exact) mass is 728 g/mol. The summed E-state index contributed by atoms with van der Waals surface area (Å²) >= 11 is 1.72. The molecule has 0 spiro atoms. The van der Waals surface area contributed by atoms with Crippen LogP contribution in [0.4, 0.5) is 19.8 Å².